The zero-order valence-corrected chi connectivity index (χ0v) is 15.8. The summed E-state index contributed by atoms with van der Waals surface area (Å²) in [6.45, 7) is 4.00. The Hall–Kier alpha value is -2.84. The van der Waals surface area contributed by atoms with Gasteiger partial charge >= 0.3 is 0 Å². The number of para-hydroxylation sites is 1. The van der Waals surface area contributed by atoms with Gasteiger partial charge in [-0.25, -0.2) is 0 Å². The fraction of sp³-hybridized carbons (Fsp3) is 0.200. The van der Waals surface area contributed by atoms with E-state index in [0.717, 1.165) is 13.1 Å². The van der Waals surface area contributed by atoms with Crippen molar-refractivity contribution in [1.29, 1.82) is 0 Å². The molecule has 0 aromatic heterocycles. The minimum atomic E-state index is -0.311. The predicted octanol–water partition coefficient (Wildman–Crippen LogP) is 4.98. The van der Waals surface area contributed by atoms with Crippen molar-refractivity contribution < 1.29 is 0 Å². The molecule has 136 valence electrons. The molecule has 1 aliphatic rings. The highest BCUT2D eigenvalue weighted by atomic mass is 15.3. The van der Waals surface area contributed by atoms with E-state index >= 15 is 0 Å². The van der Waals surface area contributed by atoms with Gasteiger partial charge in [-0.3, -0.25) is 0 Å². The third-order valence-corrected chi connectivity index (χ3v) is 5.46. The Kier molecular flexibility index (Phi) is 5.08. The second-order valence-electron chi connectivity index (χ2n) is 6.94. The zero-order chi connectivity index (χ0) is 18.5. The molecule has 1 atom stereocenters. The lowest BCUT2D eigenvalue weighted by Crippen LogP contribution is -2.65. The van der Waals surface area contributed by atoms with E-state index in [1.165, 1.54) is 16.8 Å². The highest BCUT2D eigenvalue weighted by molar-refractivity contribution is 5.59. The average molecular weight is 354 g/mol. The van der Waals surface area contributed by atoms with E-state index in [1.807, 2.05) is 0 Å². The SMILES string of the molecule is CC=CC1NCCN(c2ccccc2)C1(c1ccccc1)c1ccccc1. The van der Waals surface area contributed by atoms with E-state index in [0.29, 0.717) is 0 Å². The smallest absolute Gasteiger partial charge is 0.110 e. The number of benzene rings is 3. The van der Waals surface area contributed by atoms with E-state index in [2.05, 4.69) is 120 Å². The van der Waals surface area contributed by atoms with Gasteiger partial charge in [0.25, 0.3) is 0 Å². The van der Waals surface area contributed by atoms with Gasteiger partial charge in [-0.2, -0.15) is 0 Å². The van der Waals surface area contributed by atoms with Crippen LogP contribution in [-0.4, -0.2) is 19.1 Å². The number of rotatable bonds is 4. The summed E-state index contributed by atoms with van der Waals surface area (Å²) in [5.74, 6) is 0. The Bertz CT molecular complexity index is 832. The predicted molar refractivity (Wildman–Crippen MR) is 114 cm³/mol. The van der Waals surface area contributed by atoms with Crippen molar-refractivity contribution in [1.82, 2.24) is 5.32 Å². The van der Waals surface area contributed by atoms with Gasteiger partial charge in [-0.15, -0.1) is 0 Å². The molecule has 0 aliphatic carbocycles. The molecule has 1 aliphatic heterocycles. The van der Waals surface area contributed by atoms with Crippen LogP contribution in [0.15, 0.2) is 103 Å². The topological polar surface area (TPSA) is 15.3 Å². The molecule has 1 saturated heterocycles. The van der Waals surface area contributed by atoms with Crippen molar-refractivity contribution in [3.05, 3.63) is 114 Å². The maximum absolute atomic E-state index is 3.78. The van der Waals surface area contributed by atoms with Crippen molar-refractivity contribution in [2.45, 2.75) is 18.5 Å². The van der Waals surface area contributed by atoms with Crippen LogP contribution in [0.4, 0.5) is 5.69 Å². The quantitative estimate of drug-likeness (QED) is 0.665. The first kappa shape index (κ1) is 17.6. The lowest BCUT2D eigenvalue weighted by atomic mass is 9.73. The molecule has 1 N–H and O–H groups in total. The van der Waals surface area contributed by atoms with Crippen LogP contribution in [0.2, 0.25) is 0 Å². The second kappa shape index (κ2) is 7.81. The Balaban J connectivity index is 2.02. The molecular formula is C25H26N2. The van der Waals surface area contributed by atoms with Gasteiger partial charge < -0.3 is 10.2 Å². The molecule has 1 fully saturated rings. The Labute approximate surface area is 162 Å². The molecule has 4 rings (SSSR count). The third-order valence-electron chi connectivity index (χ3n) is 5.46. The lowest BCUT2D eigenvalue weighted by molar-refractivity contribution is 0.328. The van der Waals surface area contributed by atoms with Crippen molar-refractivity contribution >= 4 is 5.69 Å². The third kappa shape index (κ3) is 3.07. The van der Waals surface area contributed by atoms with Crippen LogP contribution in [0.5, 0.6) is 0 Å². The van der Waals surface area contributed by atoms with Gasteiger partial charge in [0, 0.05) is 18.8 Å². The Morgan fingerprint density at radius 2 is 1.33 bits per heavy atom. The number of allylic oxidation sites excluding steroid dienone is 1. The van der Waals surface area contributed by atoms with Gasteiger partial charge in [-0.1, -0.05) is 91.0 Å². The number of anilines is 1. The molecule has 1 unspecified atom stereocenters. The summed E-state index contributed by atoms with van der Waals surface area (Å²) in [7, 11) is 0. The van der Waals surface area contributed by atoms with Crippen LogP contribution < -0.4 is 10.2 Å². The van der Waals surface area contributed by atoms with Crippen LogP contribution >= 0.6 is 0 Å². The molecule has 3 aromatic rings. The Morgan fingerprint density at radius 3 is 1.85 bits per heavy atom. The second-order valence-corrected chi connectivity index (χ2v) is 6.94. The standard InChI is InChI=1S/C25H26N2/c1-2-12-24-25(21-13-6-3-7-14-21,22-15-8-4-9-16-22)27(20-19-26-24)23-17-10-5-11-18-23/h2-18,24,26H,19-20H2,1H3. The van der Waals surface area contributed by atoms with E-state index in [9.17, 15) is 0 Å². The summed E-state index contributed by atoms with van der Waals surface area (Å²) < 4.78 is 0. The van der Waals surface area contributed by atoms with Crippen LogP contribution in [0.3, 0.4) is 0 Å². The fourth-order valence-corrected chi connectivity index (χ4v) is 4.39. The van der Waals surface area contributed by atoms with Crippen LogP contribution in [-0.2, 0) is 5.54 Å². The maximum Gasteiger partial charge on any atom is 0.110 e. The lowest BCUT2D eigenvalue weighted by Gasteiger charge is -2.53. The molecule has 2 heteroatoms. The molecule has 0 saturated carbocycles. The van der Waals surface area contributed by atoms with E-state index in [-0.39, 0.29) is 11.6 Å². The summed E-state index contributed by atoms with van der Waals surface area (Å²) >= 11 is 0. The first-order chi connectivity index (χ1) is 13.4. The minimum Gasteiger partial charge on any atom is -0.355 e. The summed E-state index contributed by atoms with van der Waals surface area (Å²) in [4.78, 5) is 2.57. The molecule has 0 amide bonds. The number of nitrogens with one attached hydrogen (secondary N) is 1. The minimum absolute atomic E-state index is 0.168. The summed E-state index contributed by atoms with van der Waals surface area (Å²) in [6.07, 6.45) is 4.46. The normalized spacial score (nSPS) is 19.3. The average Bonchev–Trinajstić information content (AvgIpc) is 2.76. The molecule has 1 heterocycles. The van der Waals surface area contributed by atoms with Gasteiger partial charge in [0.15, 0.2) is 0 Å². The zero-order valence-electron chi connectivity index (χ0n) is 15.8. The van der Waals surface area contributed by atoms with Gasteiger partial charge in [0.1, 0.15) is 5.54 Å². The molecule has 27 heavy (non-hydrogen) atoms. The molecule has 0 spiro atoms. The number of nitrogens with zero attached hydrogens (tertiary/aromatic N) is 1. The fourth-order valence-electron chi connectivity index (χ4n) is 4.39. The van der Waals surface area contributed by atoms with Crippen molar-refractivity contribution in [2.75, 3.05) is 18.0 Å². The molecule has 0 radical (unpaired) electrons. The van der Waals surface area contributed by atoms with Gasteiger partial charge in [0.05, 0.1) is 6.04 Å². The van der Waals surface area contributed by atoms with E-state index in [1.54, 1.807) is 0 Å². The van der Waals surface area contributed by atoms with Crippen LogP contribution in [0.1, 0.15) is 18.1 Å². The van der Waals surface area contributed by atoms with Crippen molar-refractivity contribution in [2.24, 2.45) is 0 Å². The van der Waals surface area contributed by atoms with Crippen LogP contribution in [0.25, 0.3) is 0 Å². The molecule has 0 bridgehead atoms. The first-order valence-corrected chi connectivity index (χ1v) is 9.67. The van der Waals surface area contributed by atoms with Gasteiger partial charge in [-0.05, 0) is 30.2 Å². The highest BCUT2D eigenvalue weighted by Gasteiger charge is 2.48. The monoisotopic (exact) mass is 354 g/mol. The highest BCUT2D eigenvalue weighted by Crippen LogP contribution is 2.43. The largest absolute Gasteiger partial charge is 0.355 e. The van der Waals surface area contributed by atoms with Crippen molar-refractivity contribution in [3.8, 4) is 0 Å². The number of hydrogen-bond acceptors (Lipinski definition) is 2. The number of hydrogen-bond donors (Lipinski definition) is 1. The number of piperazine rings is 1. The van der Waals surface area contributed by atoms with Crippen LogP contribution in [0, 0.1) is 0 Å². The first-order valence-electron chi connectivity index (χ1n) is 9.67. The summed E-state index contributed by atoms with van der Waals surface area (Å²) in [5, 5.41) is 3.78. The Morgan fingerprint density at radius 1 is 0.815 bits per heavy atom. The molecule has 2 nitrogen and oxygen atoms in total. The summed E-state index contributed by atoms with van der Waals surface area (Å²) in [6, 6.07) is 32.7. The molecular weight excluding hydrogens is 328 g/mol. The van der Waals surface area contributed by atoms with E-state index < -0.39 is 0 Å². The van der Waals surface area contributed by atoms with Gasteiger partial charge in [0.2, 0.25) is 0 Å². The summed E-state index contributed by atoms with van der Waals surface area (Å²) in [5.41, 5.74) is 3.54. The van der Waals surface area contributed by atoms with E-state index in [4.69, 9.17) is 0 Å². The molecule has 3 aromatic carbocycles. The maximum atomic E-state index is 3.78. The van der Waals surface area contributed by atoms with Crippen molar-refractivity contribution in [3.63, 3.8) is 0 Å².